The standard InChI is InChI=1S/C27H24F3N3O4/c1-17-3-9-21(10-4-17)33-26(20-7-11-22(12-8-20)37-27(28,29)30)31-24(32-33)14-6-19-5-13-23(18(2)15-19)36-16-25(34)35/h3-5,7-13,15H,6,14,16H2,1-2H3,(H,34,35). The molecule has 1 aromatic heterocycles. The molecule has 4 aromatic rings. The number of carbonyl (C=O) groups is 1. The van der Waals surface area contributed by atoms with Crippen LogP contribution in [0.15, 0.2) is 66.7 Å². The number of carboxylic acid groups (broad SMARTS) is 1. The Balaban J connectivity index is 1.58. The van der Waals surface area contributed by atoms with Gasteiger partial charge in [0, 0.05) is 12.0 Å². The van der Waals surface area contributed by atoms with E-state index in [1.54, 1.807) is 10.7 Å². The van der Waals surface area contributed by atoms with Crippen molar-refractivity contribution in [3.8, 4) is 28.6 Å². The minimum atomic E-state index is -4.77. The van der Waals surface area contributed by atoms with Gasteiger partial charge in [-0.1, -0.05) is 29.8 Å². The van der Waals surface area contributed by atoms with E-state index in [1.165, 1.54) is 24.3 Å². The number of benzene rings is 3. The largest absolute Gasteiger partial charge is 0.573 e. The Kier molecular flexibility index (Phi) is 7.47. The second-order valence-corrected chi connectivity index (χ2v) is 8.45. The summed E-state index contributed by atoms with van der Waals surface area (Å²) in [5, 5.41) is 13.5. The maximum absolute atomic E-state index is 12.5. The molecule has 0 aliphatic heterocycles. The maximum Gasteiger partial charge on any atom is 0.573 e. The van der Waals surface area contributed by atoms with Crippen molar-refractivity contribution in [3.05, 3.63) is 89.2 Å². The summed E-state index contributed by atoms with van der Waals surface area (Å²) in [6.07, 6.45) is -3.64. The minimum absolute atomic E-state index is 0.316. The molecule has 0 unspecified atom stereocenters. The van der Waals surface area contributed by atoms with Crippen LogP contribution in [0.25, 0.3) is 17.1 Å². The Hall–Kier alpha value is -4.34. The van der Waals surface area contributed by atoms with Crippen molar-refractivity contribution >= 4 is 5.97 Å². The third-order valence-corrected chi connectivity index (χ3v) is 5.50. The van der Waals surface area contributed by atoms with Crippen molar-refractivity contribution in [2.45, 2.75) is 33.1 Å². The van der Waals surface area contributed by atoms with Gasteiger partial charge in [-0.2, -0.15) is 5.10 Å². The summed E-state index contributed by atoms with van der Waals surface area (Å²) in [7, 11) is 0. The number of alkyl halides is 3. The Morgan fingerprint density at radius 1 is 0.973 bits per heavy atom. The molecule has 1 heterocycles. The highest BCUT2D eigenvalue weighted by Crippen LogP contribution is 2.28. The average Bonchev–Trinajstić information content (AvgIpc) is 3.26. The van der Waals surface area contributed by atoms with E-state index in [4.69, 9.17) is 9.84 Å². The number of ether oxygens (including phenoxy) is 2. The molecule has 10 heteroatoms. The molecule has 0 bridgehead atoms. The van der Waals surface area contributed by atoms with Crippen LogP contribution in [0.5, 0.6) is 11.5 Å². The fourth-order valence-corrected chi connectivity index (χ4v) is 3.74. The SMILES string of the molecule is Cc1ccc(-n2nc(CCc3ccc(OCC(=O)O)c(C)c3)nc2-c2ccc(OC(F)(F)F)cc2)cc1. The summed E-state index contributed by atoms with van der Waals surface area (Å²) >= 11 is 0. The zero-order chi connectivity index (χ0) is 26.6. The van der Waals surface area contributed by atoms with Gasteiger partial charge >= 0.3 is 12.3 Å². The first kappa shape index (κ1) is 25.7. The van der Waals surface area contributed by atoms with E-state index < -0.39 is 18.9 Å². The maximum atomic E-state index is 12.5. The van der Waals surface area contributed by atoms with Crippen LogP contribution in [0.2, 0.25) is 0 Å². The van der Waals surface area contributed by atoms with Crippen molar-refractivity contribution in [1.29, 1.82) is 0 Å². The van der Waals surface area contributed by atoms with Crippen molar-refractivity contribution in [3.63, 3.8) is 0 Å². The lowest BCUT2D eigenvalue weighted by Crippen LogP contribution is -2.16. The number of hydrogen-bond donors (Lipinski definition) is 1. The van der Waals surface area contributed by atoms with E-state index in [2.05, 4.69) is 14.8 Å². The van der Waals surface area contributed by atoms with Gasteiger partial charge in [0.1, 0.15) is 11.5 Å². The lowest BCUT2D eigenvalue weighted by atomic mass is 10.1. The lowest BCUT2D eigenvalue weighted by Gasteiger charge is -2.10. The quantitative estimate of drug-likeness (QED) is 0.310. The van der Waals surface area contributed by atoms with Crippen LogP contribution in [0.1, 0.15) is 22.5 Å². The zero-order valence-corrected chi connectivity index (χ0v) is 20.1. The molecule has 0 fully saturated rings. The second kappa shape index (κ2) is 10.7. The Bertz CT molecular complexity index is 1380. The monoisotopic (exact) mass is 511 g/mol. The minimum Gasteiger partial charge on any atom is -0.482 e. The van der Waals surface area contributed by atoms with Crippen molar-refractivity contribution in [2.75, 3.05) is 6.61 Å². The van der Waals surface area contributed by atoms with Crippen LogP contribution in [0.3, 0.4) is 0 Å². The van der Waals surface area contributed by atoms with Crippen LogP contribution >= 0.6 is 0 Å². The van der Waals surface area contributed by atoms with Gasteiger partial charge in [-0.05, 0) is 73.9 Å². The highest BCUT2D eigenvalue weighted by atomic mass is 19.4. The Morgan fingerprint density at radius 2 is 1.68 bits per heavy atom. The van der Waals surface area contributed by atoms with Crippen LogP contribution in [0.4, 0.5) is 13.2 Å². The van der Waals surface area contributed by atoms with E-state index in [1.807, 2.05) is 50.2 Å². The Labute approximate surface area is 211 Å². The molecule has 7 nitrogen and oxygen atoms in total. The van der Waals surface area contributed by atoms with E-state index >= 15 is 0 Å². The van der Waals surface area contributed by atoms with E-state index in [0.717, 1.165) is 22.4 Å². The Morgan fingerprint density at radius 3 is 2.30 bits per heavy atom. The van der Waals surface area contributed by atoms with Crippen molar-refractivity contribution < 1.29 is 32.5 Å². The number of rotatable bonds is 9. The van der Waals surface area contributed by atoms with E-state index in [9.17, 15) is 18.0 Å². The molecule has 0 atom stereocenters. The van der Waals surface area contributed by atoms with Gasteiger partial charge in [-0.3, -0.25) is 0 Å². The number of hydrogen-bond acceptors (Lipinski definition) is 5. The van der Waals surface area contributed by atoms with Crippen LogP contribution in [-0.4, -0.2) is 38.8 Å². The van der Waals surface area contributed by atoms with Gasteiger partial charge < -0.3 is 14.6 Å². The molecular weight excluding hydrogens is 487 g/mol. The van der Waals surface area contributed by atoms with E-state index in [0.29, 0.717) is 35.8 Å². The van der Waals surface area contributed by atoms with Gasteiger partial charge in [-0.25, -0.2) is 14.5 Å². The fraction of sp³-hybridized carbons (Fsp3) is 0.222. The number of aromatic nitrogens is 3. The zero-order valence-electron chi connectivity index (χ0n) is 20.1. The third-order valence-electron chi connectivity index (χ3n) is 5.50. The molecule has 3 aromatic carbocycles. The fourth-order valence-electron chi connectivity index (χ4n) is 3.74. The molecule has 0 spiro atoms. The molecular formula is C27H24F3N3O4. The van der Waals surface area contributed by atoms with Gasteiger partial charge in [0.05, 0.1) is 5.69 Å². The molecule has 37 heavy (non-hydrogen) atoms. The summed E-state index contributed by atoms with van der Waals surface area (Å²) in [6, 6.07) is 18.7. The molecule has 0 saturated carbocycles. The van der Waals surface area contributed by atoms with Gasteiger partial charge in [0.2, 0.25) is 0 Å². The van der Waals surface area contributed by atoms with Gasteiger partial charge in [0.25, 0.3) is 0 Å². The number of carboxylic acids is 1. The normalized spacial score (nSPS) is 11.4. The van der Waals surface area contributed by atoms with Crippen molar-refractivity contribution in [2.24, 2.45) is 0 Å². The topological polar surface area (TPSA) is 86.5 Å². The number of nitrogens with zero attached hydrogens (tertiary/aromatic N) is 3. The van der Waals surface area contributed by atoms with Crippen molar-refractivity contribution in [1.82, 2.24) is 14.8 Å². The summed E-state index contributed by atoms with van der Waals surface area (Å²) < 4.78 is 48.6. The molecule has 0 saturated heterocycles. The molecule has 0 radical (unpaired) electrons. The number of aliphatic carboxylic acids is 1. The van der Waals surface area contributed by atoms with E-state index in [-0.39, 0.29) is 5.75 Å². The smallest absolute Gasteiger partial charge is 0.482 e. The summed E-state index contributed by atoms with van der Waals surface area (Å²) in [4.78, 5) is 15.4. The molecule has 1 N–H and O–H groups in total. The predicted molar refractivity (Wildman–Crippen MR) is 130 cm³/mol. The van der Waals surface area contributed by atoms with Crippen LogP contribution in [0, 0.1) is 13.8 Å². The molecule has 0 aliphatic rings. The number of halogens is 3. The van der Waals surface area contributed by atoms with Crippen LogP contribution < -0.4 is 9.47 Å². The summed E-state index contributed by atoms with van der Waals surface area (Å²) in [5.41, 5.74) is 4.25. The highest BCUT2D eigenvalue weighted by Gasteiger charge is 2.31. The molecule has 192 valence electrons. The lowest BCUT2D eigenvalue weighted by molar-refractivity contribution is -0.274. The highest BCUT2D eigenvalue weighted by molar-refractivity contribution is 5.68. The first-order valence-corrected chi connectivity index (χ1v) is 11.4. The average molecular weight is 512 g/mol. The first-order valence-electron chi connectivity index (χ1n) is 11.4. The van der Waals surface area contributed by atoms with Gasteiger partial charge in [-0.15, -0.1) is 13.2 Å². The molecule has 0 aliphatic carbocycles. The molecule has 4 rings (SSSR count). The summed E-state index contributed by atoms with van der Waals surface area (Å²) in [5.74, 6) is 0.204. The molecule has 0 amide bonds. The van der Waals surface area contributed by atoms with Gasteiger partial charge in [0.15, 0.2) is 18.3 Å². The number of aryl methyl sites for hydroxylation is 4. The van der Waals surface area contributed by atoms with Crippen LogP contribution in [-0.2, 0) is 17.6 Å². The third kappa shape index (κ3) is 6.87. The second-order valence-electron chi connectivity index (χ2n) is 8.45. The first-order chi connectivity index (χ1) is 17.6. The summed E-state index contributed by atoms with van der Waals surface area (Å²) in [6.45, 7) is 3.40. The predicted octanol–water partition coefficient (Wildman–Crippen LogP) is 5.70.